The van der Waals surface area contributed by atoms with Crippen LogP contribution in [0.4, 0.5) is 0 Å². The summed E-state index contributed by atoms with van der Waals surface area (Å²) < 4.78 is 4.91. The van der Waals surface area contributed by atoms with Crippen LogP contribution in [0.25, 0.3) is 0 Å². The Morgan fingerprint density at radius 1 is 1.33 bits per heavy atom. The molecule has 0 saturated heterocycles. The molecule has 0 fully saturated rings. The molecule has 0 atom stereocenters. The number of ether oxygens (including phenoxy) is 1. The summed E-state index contributed by atoms with van der Waals surface area (Å²) in [6.07, 6.45) is 1.99. The van der Waals surface area contributed by atoms with Crippen molar-refractivity contribution in [3.05, 3.63) is 35.4 Å². The van der Waals surface area contributed by atoms with Crippen molar-refractivity contribution in [1.29, 1.82) is 0 Å². The molecule has 0 radical (unpaired) electrons. The van der Waals surface area contributed by atoms with Gasteiger partial charge in [0.25, 0.3) is 0 Å². The largest absolute Gasteiger partial charge is 0.385 e. The average Bonchev–Trinajstić information content (AvgIpc) is 2.22. The van der Waals surface area contributed by atoms with E-state index in [9.17, 15) is 4.79 Å². The molecule has 1 aromatic rings. The van der Waals surface area contributed by atoms with Gasteiger partial charge in [-0.1, -0.05) is 24.3 Å². The van der Waals surface area contributed by atoms with Gasteiger partial charge in [-0.05, 0) is 24.5 Å². The second-order valence-corrected chi connectivity index (χ2v) is 3.74. The van der Waals surface area contributed by atoms with Crippen LogP contribution in [0.5, 0.6) is 0 Å². The molecule has 0 spiro atoms. The van der Waals surface area contributed by atoms with Crippen molar-refractivity contribution in [2.75, 3.05) is 13.7 Å². The smallest absolute Gasteiger partial charge is 0.137 e. The molecule has 1 rings (SSSR count). The van der Waals surface area contributed by atoms with E-state index in [0.717, 1.165) is 12.0 Å². The van der Waals surface area contributed by atoms with Crippen molar-refractivity contribution in [3.8, 4) is 0 Å². The second kappa shape index (κ2) is 6.36. The highest BCUT2D eigenvalue weighted by molar-refractivity contribution is 5.81. The molecule has 0 aliphatic rings. The highest BCUT2D eigenvalue weighted by Crippen LogP contribution is 2.09. The summed E-state index contributed by atoms with van der Waals surface area (Å²) in [5.41, 5.74) is 2.33. The van der Waals surface area contributed by atoms with Gasteiger partial charge in [0, 0.05) is 26.6 Å². The lowest BCUT2D eigenvalue weighted by Crippen LogP contribution is -2.05. The monoisotopic (exact) mass is 206 g/mol. The quantitative estimate of drug-likeness (QED) is 0.668. The molecule has 0 heterocycles. The molecular weight excluding hydrogens is 188 g/mol. The molecule has 15 heavy (non-hydrogen) atoms. The minimum atomic E-state index is 0.293. The van der Waals surface area contributed by atoms with Crippen LogP contribution < -0.4 is 0 Å². The van der Waals surface area contributed by atoms with Crippen molar-refractivity contribution < 1.29 is 9.53 Å². The van der Waals surface area contributed by atoms with Crippen LogP contribution in [-0.4, -0.2) is 19.5 Å². The minimum Gasteiger partial charge on any atom is -0.385 e. The van der Waals surface area contributed by atoms with Gasteiger partial charge >= 0.3 is 0 Å². The van der Waals surface area contributed by atoms with E-state index in [0.29, 0.717) is 25.2 Å². The minimum absolute atomic E-state index is 0.293. The van der Waals surface area contributed by atoms with Gasteiger partial charge in [0.05, 0.1) is 0 Å². The summed E-state index contributed by atoms with van der Waals surface area (Å²) in [6.45, 7) is 2.71. The van der Waals surface area contributed by atoms with Gasteiger partial charge in [-0.15, -0.1) is 0 Å². The number of hydrogen-bond donors (Lipinski definition) is 0. The Bertz CT molecular complexity index is 318. The number of rotatable bonds is 6. The van der Waals surface area contributed by atoms with Crippen LogP contribution in [0.1, 0.15) is 24.0 Å². The van der Waals surface area contributed by atoms with Crippen molar-refractivity contribution in [1.82, 2.24) is 0 Å². The van der Waals surface area contributed by atoms with Gasteiger partial charge in [-0.2, -0.15) is 0 Å². The topological polar surface area (TPSA) is 26.3 Å². The number of hydrogen-bond acceptors (Lipinski definition) is 2. The molecule has 0 N–H and O–H groups in total. The lowest BCUT2D eigenvalue weighted by Gasteiger charge is -2.04. The average molecular weight is 206 g/mol. The fourth-order valence-electron chi connectivity index (χ4n) is 1.52. The molecule has 0 saturated carbocycles. The molecule has 0 aliphatic heterocycles. The van der Waals surface area contributed by atoms with Gasteiger partial charge < -0.3 is 4.74 Å². The van der Waals surface area contributed by atoms with Crippen molar-refractivity contribution in [2.45, 2.75) is 26.2 Å². The first-order chi connectivity index (χ1) is 7.24. The van der Waals surface area contributed by atoms with E-state index in [1.807, 2.05) is 31.2 Å². The molecular formula is C13H18O2. The van der Waals surface area contributed by atoms with Crippen LogP contribution in [-0.2, 0) is 16.0 Å². The number of carbonyl (C=O) groups excluding carboxylic acids is 1. The third-order valence-electron chi connectivity index (χ3n) is 2.45. The van der Waals surface area contributed by atoms with Crippen LogP contribution in [0, 0.1) is 6.92 Å². The predicted octanol–water partition coefficient (Wildman–Crippen LogP) is 2.53. The SMILES string of the molecule is COCCCC(=O)Cc1ccccc1C. The van der Waals surface area contributed by atoms with Gasteiger partial charge in [-0.25, -0.2) is 0 Å². The molecule has 0 aliphatic carbocycles. The summed E-state index contributed by atoms with van der Waals surface area (Å²) in [7, 11) is 1.66. The maximum atomic E-state index is 11.6. The van der Waals surface area contributed by atoms with Crippen molar-refractivity contribution >= 4 is 5.78 Å². The van der Waals surface area contributed by atoms with E-state index in [1.54, 1.807) is 7.11 Å². The zero-order valence-corrected chi connectivity index (χ0v) is 9.45. The summed E-state index contributed by atoms with van der Waals surface area (Å²) in [4.78, 5) is 11.6. The molecule has 2 nitrogen and oxygen atoms in total. The number of ketones is 1. The van der Waals surface area contributed by atoms with E-state index in [-0.39, 0.29) is 0 Å². The first kappa shape index (κ1) is 11.9. The third kappa shape index (κ3) is 4.26. The maximum absolute atomic E-state index is 11.6. The molecule has 0 amide bonds. The van der Waals surface area contributed by atoms with E-state index in [2.05, 4.69) is 0 Å². The third-order valence-corrected chi connectivity index (χ3v) is 2.45. The summed E-state index contributed by atoms with van der Waals surface area (Å²) in [6, 6.07) is 8.03. The zero-order valence-electron chi connectivity index (χ0n) is 9.45. The van der Waals surface area contributed by atoms with Gasteiger partial charge in [0.1, 0.15) is 5.78 Å². The van der Waals surface area contributed by atoms with Crippen LogP contribution >= 0.6 is 0 Å². The molecule has 0 aromatic heterocycles. The van der Waals surface area contributed by atoms with Gasteiger partial charge in [-0.3, -0.25) is 4.79 Å². The van der Waals surface area contributed by atoms with Crippen molar-refractivity contribution in [2.24, 2.45) is 0 Å². The Kier molecular flexibility index (Phi) is 5.05. The Balaban J connectivity index is 2.41. The maximum Gasteiger partial charge on any atom is 0.137 e. The number of methoxy groups -OCH3 is 1. The second-order valence-electron chi connectivity index (χ2n) is 3.74. The zero-order chi connectivity index (χ0) is 11.1. The summed E-state index contributed by atoms with van der Waals surface area (Å²) >= 11 is 0. The molecule has 0 unspecified atom stereocenters. The predicted molar refractivity (Wildman–Crippen MR) is 61.0 cm³/mol. The van der Waals surface area contributed by atoms with E-state index < -0.39 is 0 Å². The molecule has 1 aromatic carbocycles. The standard InChI is InChI=1S/C13H18O2/c1-11-6-3-4-7-12(11)10-13(14)8-5-9-15-2/h3-4,6-7H,5,8-10H2,1-2H3. The Labute approximate surface area is 91.3 Å². The van der Waals surface area contributed by atoms with Gasteiger partial charge in [0.15, 0.2) is 0 Å². The first-order valence-electron chi connectivity index (χ1n) is 5.29. The van der Waals surface area contributed by atoms with E-state index in [1.165, 1.54) is 5.56 Å². The Morgan fingerprint density at radius 3 is 2.73 bits per heavy atom. The number of Topliss-reactive ketones (excluding diaryl/α,β-unsaturated/α-hetero) is 1. The van der Waals surface area contributed by atoms with E-state index >= 15 is 0 Å². The Morgan fingerprint density at radius 2 is 2.07 bits per heavy atom. The molecule has 82 valence electrons. The molecule has 0 bridgehead atoms. The van der Waals surface area contributed by atoms with Crippen LogP contribution in [0.15, 0.2) is 24.3 Å². The highest BCUT2D eigenvalue weighted by atomic mass is 16.5. The van der Waals surface area contributed by atoms with Crippen LogP contribution in [0.2, 0.25) is 0 Å². The van der Waals surface area contributed by atoms with Crippen molar-refractivity contribution in [3.63, 3.8) is 0 Å². The lowest BCUT2D eigenvalue weighted by molar-refractivity contribution is -0.118. The van der Waals surface area contributed by atoms with Gasteiger partial charge in [0.2, 0.25) is 0 Å². The van der Waals surface area contributed by atoms with Crippen LogP contribution in [0.3, 0.4) is 0 Å². The Hall–Kier alpha value is -1.15. The number of carbonyl (C=O) groups is 1. The number of benzene rings is 1. The number of aryl methyl sites for hydroxylation is 1. The summed E-state index contributed by atoms with van der Waals surface area (Å²) in [5.74, 6) is 0.293. The lowest BCUT2D eigenvalue weighted by atomic mass is 10.0. The highest BCUT2D eigenvalue weighted by Gasteiger charge is 2.05. The van der Waals surface area contributed by atoms with E-state index in [4.69, 9.17) is 4.74 Å². The fourth-order valence-corrected chi connectivity index (χ4v) is 1.52. The fraction of sp³-hybridized carbons (Fsp3) is 0.462. The first-order valence-corrected chi connectivity index (χ1v) is 5.29. The molecule has 2 heteroatoms. The summed E-state index contributed by atoms with van der Waals surface area (Å²) in [5, 5.41) is 0. The normalized spacial score (nSPS) is 10.3.